The summed E-state index contributed by atoms with van der Waals surface area (Å²) in [5.74, 6) is 0.332. The SMILES string of the molecule is CC1(C)CCc2nccc([N+](=O)[O-])c2O1. The number of nitrogens with zero attached hydrogens (tertiary/aromatic N) is 2. The van der Waals surface area contributed by atoms with Gasteiger partial charge in [-0.2, -0.15) is 0 Å². The Balaban J connectivity index is 2.50. The Bertz CT molecular complexity index is 415. The standard InChI is InChI=1S/C10H12N2O3/c1-10(2)5-3-7-9(15-10)8(12(13)14)4-6-11-7/h4,6H,3,5H2,1-2H3. The van der Waals surface area contributed by atoms with Crippen LogP contribution in [-0.2, 0) is 6.42 Å². The molecule has 0 saturated heterocycles. The fraction of sp³-hybridized carbons (Fsp3) is 0.500. The van der Waals surface area contributed by atoms with E-state index in [2.05, 4.69) is 4.98 Å². The van der Waals surface area contributed by atoms with Crippen molar-refractivity contribution in [3.05, 3.63) is 28.1 Å². The zero-order valence-electron chi connectivity index (χ0n) is 8.69. The fourth-order valence-corrected chi connectivity index (χ4v) is 1.66. The Morgan fingerprint density at radius 1 is 1.60 bits per heavy atom. The van der Waals surface area contributed by atoms with Crippen LogP contribution in [0, 0.1) is 10.1 Å². The van der Waals surface area contributed by atoms with Crippen molar-refractivity contribution in [1.29, 1.82) is 0 Å². The first-order chi connectivity index (χ1) is 6.99. The molecular weight excluding hydrogens is 196 g/mol. The van der Waals surface area contributed by atoms with E-state index >= 15 is 0 Å². The molecule has 0 amide bonds. The van der Waals surface area contributed by atoms with Gasteiger partial charge in [-0.1, -0.05) is 0 Å². The van der Waals surface area contributed by atoms with E-state index in [4.69, 9.17) is 4.74 Å². The van der Waals surface area contributed by atoms with E-state index < -0.39 is 4.92 Å². The summed E-state index contributed by atoms with van der Waals surface area (Å²) in [6.07, 6.45) is 3.01. The predicted octanol–water partition coefficient (Wildman–Crippen LogP) is 2.09. The number of fused-ring (bicyclic) bond motifs is 1. The molecule has 2 heterocycles. The molecular formula is C10H12N2O3. The van der Waals surface area contributed by atoms with Gasteiger partial charge < -0.3 is 4.74 Å². The number of aromatic nitrogens is 1. The quantitative estimate of drug-likeness (QED) is 0.523. The van der Waals surface area contributed by atoms with Crippen molar-refractivity contribution in [2.75, 3.05) is 0 Å². The third-order valence-electron chi connectivity index (χ3n) is 2.50. The van der Waals surface area contributed by atoms with Gasteiger partial charge in [-0.25, -0.2) is 0 Å². The first kappa shape index (κ1) is 9.89. The molecule has 0 aromatic carbocycles. The largest absolute Gasteiger partial charge is 0.480 e. The van der Waals surface area contributed by atoms with Crippen LogP contribution in [0.5, 0.6) is 5.75 Å². The van der Waals surface area contributed by atoms with Crippen LogP contribution in [0.1, 0.15) is 26.0 Å². The summed E-state index contributed by atoms with van der Waals surface area (Å²) < 4.78 is 5.61. The number of nitro groups is 1. The van der Waals surface area contributed by atoms with Crippen molar-refractivity contribution in [1.82, 2.24) is 4.98 Å². The Labute approximate surface area is 87.2 Å². The lowest BCUT2D eigenvalue weighted by Crippen LogP contribution is -2.33. The Kier molecular flexibility index (Phi) is 2.10. The molecule has 0 N–H and O–H groups in total. The van der Waals surface area contributed by atoms with Gasteiger partial charge in [0.15, 0.2) is 0 Å². The van der Waals surface area contributed by atoms with E-state index in [1.165, 1.54) is 12.3 Å². The molecule has 5 heteroatoms. The summed E-state index contributed by atoms with van der Waals surface area (Å²) in [7, 11) is 0. The molecule has 2 rings (SSSR count). The zero-order valence-corrected chi connectivity index (χ0v) is 8.69. The topological polar surface area (TPSA) is 65.3 Å². The molecule has 0 atom stereocenters. The van der Waals surface area contributed by atoms with Crippen LogP contribution in [0.4, 0.5) is 5.69 Å². The number of ether oxygens (including phenoxy) is 1. The van der Waals surface area contributed by atoms with Crippen molar-refractivity contribution < 1.29 is 9.66 Å². The van der Waals surface area contributed by atoms with Crippen molar-refractivity contribution in [2.24, 2.45) is 0 Å². The van der Waals surface area contributed by atoms with Crippen LogP contribution in [0.15, 0.2) is 12.3 Å². The molecule has 0 unspecified atom stereocenters. The first-order valence-corrected chi connectivity index (χ1v) is 4.81. The highest BCUT2D eigenvalue weighted by Gasteiger charge is 2.32. The Morgan fingerprint density at radius 2 is 2.33 bits per heavy atom. The van der Waals surface area contributed by atoms with Gasteiger partial charge in [0, 0.05) is 12.3 Å². The van der Waals surface area contributed by atoms with Gasteiger partial charge in [0.1, 0.15) is 5.60 Å². The van der Waals surface area contributed by atoms with Crippen LogP contribution in [0.25, 0.3) is 0 Å². The van der Waals surface area contributed by atoms with Gasteiger partial charge in [-0.3, -0.25) is 15.1 Å². The average molecular weight is 208 g/mol. The highest BCUT2D eigenvalue weighted by Crippen LogP contribution is 2.38. The molecule has 1 aliphatic rings. The summed E-state index contributed by atoms with van der Waals surface area (Å²) in [6.45, 7) is 3.85. The number of pyridine rings is 1. The second-order valence-electron chi connectivity index (χ2n) is 4.22. The highest BCUT2D eigenvalue weighted by molar-refractivity contribution is 5.49. The maximum Gasteiger partial charge on any atom is 0.314 e. The summed E-state index contributed by atoms with van der Waals surface area (Å²) in [5.41, 5.74) is 0.345. The minimum absolute atomic E-state index is 0.00720. The monoisotopic (exact) mass is 208 g/mol. The number of rotatable bonds is 1. The predicted molar refractivity (Wildman–Crippen MR) is 53.9 cm³/mol. The molecule has 0 radical (unpaired) electrons. The van der Waals surface area contributed by atoms with E-state index in [9.17, 15) is 10.1 Å². The smallest absolute Gasteiger partial charge is 0.314 e. The Morgan fingerprint density at radius 3 is 3.00 bits per heavy atom. The lowest BCUT2D eigenvalue weighted by atomic mass is 9.97. The summed E-state index contributed by atoms with van der Waals surface area (Å²) in [5, 5.41) is 10.8. The van der Waals surface area contributed by atoms with Crippen molar-refractivity contribution >= 4 is 5.69 Å². The maximum atomic E-state index is 10.8. The molecule has 0 saturated carbocycles. The van der Waals surface area contributed by atoms with Gasteiger partial charge in [0.2, 0.25) is 5.75 Å². The van der Waals surface area contributed by atoms with E-state index in [1.54, 1.807) is 0 Å². The second-order valence-corrected chi connectivity index (χ2v) is 4.22. The van der Waals surface area contributed by atoms with Crippen LogP contribution >= 0.6 is 0 Å². The summed E-state index contributed by atoms with van der Waals surface area (Å²) >= 11 is 0. The van der Waals surface area contributed by atoms with Gasteiger partial charge in [0.05, 0.1) is 10.6 Å². The van der Waals surface area contributed by atoms with E-state index in [0.717, 1.165) is 12.8 Å². The highest BCUT2D eigenvalue weighted by atomic mass is 16.6. The minimum atomic E-state index is -0.429. The molecule has 0 fully saturated rings. The molecule has 1 aliphatic heterocycles. The molecule has 80 valence electrons. The molecule has 5 nitrogen and oxygen atoms in total. The van der Waals surface area contributed by atoms with Gasteiger partial charge >= 0.3 is 5.69 Å². The summed E-state index contributed by atoms with van der Waals surface area (Å²) in [6, 6.07) is 1.38. The van der Waals surface area contributed by atoms with Gasteiger partial charge in [0.25, 0.3) is 0 Å². The Hall–Kier alpha value is -1.65. The van der Waals surface area contributed by atoms with Crippen LogP contribution in [0.3, 0.4) is 0 Å². The molecule has 15 heavy (non-hydrogen) atoms. The van der Waals surface area contributed by atoms with Gasteiger partial charge in [-0.15, -0.1) is 0 Å². The zero-order chi connectivity index (χ0) is 11.1. The van der Waals surface area contributed by atoms with E-state index in [0.29, 0.717) is 11.4 Å². The third kappa shape index (κ3) is 1.77. The second kappa shape index (κ2) is 3.18. The first-order valence-electron chi connectivity index (χ1n) is 4.81. The average Bonchev–Trinajstić information content (AvgIpc) is 2.15. The van der Waals surface area contributed by atoms with Crippen LogP contribution < -0.4 is 4.74 Å². The molecule has 1 aromatic rings. The number of hydrogen-bond donors (Lipinski definition) is 0. The minimum Gasteiger partial charge on any atom is -0.480 e. The van der Waals surface area contributed by atoms with Crippen molar-refractivity contribution in [3.63, 3.8) is 0 Å². The molecule has 0 spiro atoms. The van der Waals surface area contributed by atoms with E-state index in [-0.39, 0.29) is 11.3 Å². The van der Waals surface area contributed by atoms with E-state index in [1.807, 2.05) is 13.8 Å². The van der Waals surface area contributed by atoms with Crippen molar-refractivity contribution in [2.45, 2.75) is 32.3 Å². The summed E-state index contributed by atoms with van der Waals surface area (Å²) in [4.78, 5) is 14.5. The maximum absolute atomic E-state index is 10.8. The third-order valence-corrected chi connectivity index (χ3v) is 2.50. The fourth-order valence-electron chi connectivity index (χ4n) is 1.66. The van der Waals surface area contributed by atoms with Crippen LogP contribution in [0.2, 0.25) is 0 Å². The number of hydrogen-bond acceptors (Lipinski definition) is 4. The molecule has 0 aliphatic carbocycles. The molecule has 0 bridgehead atoms. The van der Waals surface area contributed by atoms with Gasteiger partial charge in [-0.05, 0) is 26.7 Å². The van der Waals surface area contributed by atoms with Crippen molar-refractivity contribution in [3.8, 4) is 5.75 Å². The lowest BCUT2D eigenvalue weighted by molar-refractivity contribution is -0.386. The number of aryl methyl sites for hydroxylation is 1. The van der Waals surface area contributed by atoms with Crippen LogP contribution in [-0.4, -0.2) is 15.5 Å². The molecule has 1 aromatic heterocycles. The normalized spacial score (nSPS) is 17.7. The lowest BCUT2D eigenvalue weighted by Gasteiger charge is -2.31.